The molecule has 0 amide bonds. The number of hydrogen-bond acceptors (Lipinski definition) is 7. The molecule has 8 nitrogen and oxygen atoms in total. The zero-order valence-corrected chi connectivity index (χ0v) is 17.2. The third-order valence-corrected chi connectivity index (χ3v) is 6.64. The summed E-state index contributed by atoms with van der Waals surface area (Å²) in [6.45, 7) is 4.92. The van der Waals surface area contributed by atoms with Crippen LogP contribution in [0.1, 0.15) is 35.6 Å². The highest BCUT2D eigenvalue weighted by molar-refractivity contribution is 5.91. The molecule has 1 aromatic carbocycles. The number of ether oxygens (including phenoxy) is 3. The molecule has 6 rings (SSSR count). The van der Waals surface area contributed by atoms with Gasteiger partial charge in [0, 0.05) is 22.6 Å². The van der Waals surface area contributed by atoms with Crippen molar-refractivity contribution < 1.29 is 24.1 Å². The Morgan fingerprint density at radius 2 is 1.84 bits per heavy atom. The Balaban J connectivity index is 1.62. The van der Waals surface area contributed by atoms with Crippen molar-refractivity contribution in [2.45, 2.75) is 39.0 Å². The van der Waals surface area contributed by atoms with Gasteiger partial charge in [0.25, 0.3) is 5.56 Å². The van der Waals surface area contributed by atoms with Gasteiger partial charge in [0.1, 0.15) is 19.8 Å². The van der Waals surface area contributed by atoms with Gasteiger partial charge in [-0.1, -0.05) is 6.92 Å². The van der Waals surface area contributed by atoms with Crippen LogP contribution in [0.15, 0.2) is 23.0 Å². The van der Waals surface area contributed by atoms with E-state index >= 15 is 0 Å². The van der Waals surface area contributed by atoms with Crippen LogP contribution in [0.5, 0.6) is 11.5 Å². The lowest BCUT2D eigenvalue weighted by Gasteiger charge is -2.31. The van der Waals surface area contributed by atoms with Crippen molar-refractivity contribution in [2.24, 2.45) is 0 Å². The molecule has 3 aliphatic rings. The first-order chi connectivity index (χ1) is 14.9. The second-order valence-corrected chi connectivity index (χ2v) is 8.18. The summed E-state index contributed by atoms with van der Waals surface area (Å²) >= 11 is 0. The molecule has 0 spiro atoms. The third-order valence-electron chi connectivity index (χ3n) is 6.64. The van der Waals surface area contributed by atoms with Crippen LogP contribution in [-0.2, 0) is 28.3 Å². The fourth-order valence-electron chi connectivity index (χ4n) is 4.82. The Morgan fingerprint density at radius 3 is 2.58 bits per heavy atom. The summed E-state index contributed by atoms with van der Waals surface area (Å²) in [6.07, 6.45) is 0.113. The van der Waals surface area contributed by atoms with Gasteiger partial charge < -0.3 is 23.9 Å². The largest absolute Gasteiger partial charge is 0.486 e. The van der Waals surface area contributed by atoms with Gasteiger partial charge in [0.15, 0.2) is 17.1 Å². The summed E-state index contributed by atoms with van der Waals surface area (Å²) in [5.74, 6) is 0.612. The number of pyridine rings is 2. The normalized spacial score (nSPS) is 20.8. The zero-order valence-electron chi connectivity index (χ0n) is 17.2. The van der Waals surface area contributed by atoms with Crippen LogP contribution in [0, 0.1) is 6.92 Å². The number of benzene rings is 1. The lowest BCUT2D eigenvalue weighted by molar-refractivity contribution is -0.172. The van der Waals surface area contributed by atoms with Crippen molar-refractivity contribution in [1.82, 2.24) is 9.55 Å². The number of carbonyl (C=O) groups is 1. The summed E-state index contributed by atoms with van der Waals surface area (Å²) in [4.78, 5) is 30.5. The molecular formula is C23H20N2O6. The minimum Gasteiger partial charge on any atom is -0.486 e. The van der Waals surface area contributed by atoms with Crippen molar-refractivity contribution in [3.05, 3.63) is 50.8 Å². The van der Waals surface area contributed by atoms with Crippen molar-refractivity contribution in [2.75, 3.05) is 13.2 Å². The fourth-order valence-corrected chi connectivity index (χ4v) is 4.82. The molecule has 0 radical (unpaired) electrons. The number of cyclic esters (lactones) is 1. The number of nitrogens with zero attached hydrogens (tertiary/aromatic N) is 2. The van der Waals surface area contributed by atoms with Gasteiger partial charge in [-0.2, -0.15) is 0 Å². The van der Waals surface area contributed by atoms with E-state index in [2.05, 4.69) is 0 Å². The van der Waals surface area contributed by atoms with Gasteiger partial charge in [-0.15, -0.1) is 0 Å². The Hall–Kier alpha value is -3.39. The monoisotopic (exact) mass is 420 g/mol. The Morgan fingerprint density at radius 1 is 1.10 bits per heavy atom. The van der Waals surface area contributed by atoms with Crippen LogP contribution < -0.4 is 15.0 Å². The van der Waals surface area contributed by atoms with Crippen molar-refractivity contribution >= 4 is 16.9 Å². The van der Waals surface area contributed by atoms with E-state index in [0.29, 0.717) is 53.8 Å². The van der Waals surface area contributed by atoms with Crippen LogP contribution in [0.4, 0.5) is 0 Å². The van der Waals surface area contributed by atoms with Gasteiger partial charge in [0.2, 0.25) is 0 Å². The molecule has 1 N–H and O–H groups in total. The highest BCUT2D eigenvalue weighted by Gasteiger charge is 2.45. The number of rotatable bonds is 1. The maximum absolute atomic E-state index is 13.3. The summed E-state index contributed by atoms with van der Waals surface area (Å²) in [7, 11) is 0. The maximum atomic E-state index is 13.3. The molecule has 0 saturated carbocycles. The summed E-state index contributed by atoms with van der Waals surface area (Å²) in [6, 6.07) is 5.52. The SMILES string of the molecule is CC[C@@]1(O)C(=O)OCc2c1cc1n(c2=O)Cc2c-1nc1cc3c(cc1c2C)OCCO3. The summed E-state index contributed by atoms with van der Waals surface area (Å²) < 4.78 is 18.2. The molecule has 31 heavy (non-hydrogen) atoms. The minimum absolute atomic E-state index is 0.113. The highest BCUT2D eigenvalue weighted by atomic mass is 16.6. The Kier molecular flexibility index (Phi) is 3.60. The van der Waals surface area contributed by atoms with Crippen LogP contribution in [0.3, 0.4) is 0 Å². The van der Waals surface area contributed by atoms with Gasteiger partial charge >= 0.3 is 5.97 Å². The Labute approximate surface area is 177 Å². The molecule has 5 heterocycles. The van der Waals surface area contributed by atoms with Gasteiger partial charge in [-0.3, -0.25) is 4.79 Å². The van der Waals surface area contributed by atoms with E-state index < -0.39 is 11.6 Å². The predicted molar refractivity (Wildman–Crippen MR) is 110 cm³/mol. The molecule has 3 aliphatic heterocycles. The van der Waals surface area contributed by atoms with Crippen molar-refractivity contribution in [3.8, 4) is 22.9 Å². The van der Waals surface area contributed by atoms with Gasteiger partial charge in [0.05, 0.1) is 29.0 Å². The Bertz CT molecular complexity index is 1380. The minimum atomic E-state index is -1.83. The van der Waals surface area contributed by atoms with Crippen LogP contribution in [-0.4, -0.2) is 33.8 Å². The first-order valence-electron chi connectivity index (χ1n) is 10.3. The molecule has 158 valence electrons. The van der Waals surface area contributed by atoms with E-state index in [1.54, 1.807) is 17.6 Å². The number of hydrogen-bond donors (Lipinski definition) is 1. The average molecular weight is 420 g/mol. The van der Waals surface area contributed by atoms with E-state index in [1.807, 2.05) is 19.1 Å². The number of esters is 1. The van der Waals surface area contributed by atoms with Crippen LogP contribution in [0.25, 0.3) is 22.3 Å². The lowest BCUT2D eigenvalue weighted by atomic mass is 9.86. The quantitative estimate of drug-likeness (QED) is 0.471. The molecule has 3 aromatic rings. The fraction of sp³-hybridized carbons (Fsp3) is 0.348. The van der Waals surface area contributed by atoms with Gasteiger partial charge in [-0.05, 0) is 31.0 Å². The smallest absolute Gasteiger partial charge is 0.343 e. The van der Waals surface area contributed by atoms with Gasteiger partial charge in [-0.25, -0.2) is 9.78 Å². The molecule has 8 heteroatoms. The molecule has 0 fully saturated rings. The topological polar surface area (TPSA) is 99.9 Å². The number of aliphatic hydroxyl groups is 1. The van der Waals surface area contributed by atoms with Crippen LogP contribution in [0.2, 0.25) is 0 Å². The van der Waals surface area contributed by atoms with E-state index in [1.165, 1.54) is 0 Å². The molecule has 0 unspecified atom stereocenters. The zero-order chi connectivity index (χ0) is 21.5. The lowest BCUT2D eigenvalue weighted by Crippen LogP contribution is -2.44. The van der Waals surface area contributed by atoms with E-state index in [0.717, 1.165) is 22.0 Å². The van der Waals surface area contributed by atoms with E-state index in [9.17, 15) is 14.7 Å². The predicted octanol–water partition coefficient (Wildman–Crippen LogP) is 2.16. The molecule has 0 bridgehead atoms. The molecule has 1 atom stereocenters. The molecule has 2 aromatic heterocycles. The maximum Gasteiger partial charge on any atom is 0.343 e. The highest BCUT2D eigenvalue weighted by Crippen LogP contribution is 2.42. The molecule has 0 aliphatic carbocycles. The number of fused-ring (bicyclic) bond motifs is 6. The first kappa shape index (κ1) is 18.4. The third kappa shape index (κ3) is 2.31. The first-order valence-corrected chi connectivity index (χ1v) is 10.3. The summed E-state index contributed by atoms with van der Waals surface area (Å²) in [5.41, 5.74) is 2.51. The molecular weight excluding hydrogens is 400 g/mol. The van der Waals surface area contributed by atoms with E-state index in [4.69, 9.17) is 19.2 Å². The second-order valence-electron chi connectivity index (χ2n) is 8.18. The molecule has 0 saturated heterocycles. The van der Waals surface area contributed by atoms with Crippen molar-refractivity contribution in [3.63, 3.8) is 0 Å². The van der Waals surface area contributed by atoms with E-state index in [-0.39, 0.29) is 18.6 Å². The van der Waals surface area contributed by atoms with Crippen LogP contribution >= 0.6 is 0 Å². The van der Waals surface area contributed by atoms with Crippen molar-refractivity contribution in [1.29, 1.82) is 0 Å². The number of aryl methyl sites for hydroxylation is 1. The summed E-state index contributed by atoms with van der Waals surface area (Å²) in [5, 5.41) is 11.9. The second kappa shape index (κ2) is 6.07. The number of carbonyl (C=O) groups excluding carboxylic acids is 1. The number of aromatic nitrogens is 2. The standard InChI is InChI=1S/C23H20N2O6/c1-3-23(28)15-7-17-20-13(9-25(17)21(26)14(15)10-31-22(23)27)11(2)12-6-18-19(8-16(12)24-20)30-5-4-29-18/h6-8,28H,3-5,9-10H2,1-2H3/t23-/m0/s1. The average Bonchev–Trinajstić information content (AvgIpc) is 3.15.